The van der Waals surface area contributed by atoms with Crippen molar-refractivity contribution in [2.75, 3.05) is 36.5 Å². The summed E-state index contributed by atoms with van der Waals surface area (Å²) >= 11 is 0. The Labute approximate surface area is 244 Å². The van der Waals surface area contributed by atoms with E-state index in [1.165, 1.54) is 18.4 Å². The van der Waals surface area contributed by atoms with Crippen LogP contribution < -0.4 is 15.0 Å². The fourth-order valence-electron chi connectivity index (χ4n) is 7.03. The number of fused-ring (bicyclic) bond motifs is 1. The maximum atomic E-state index is 13.6. The third-order valence-electron chi connectivity index (χ3n) is 8.65. The lowest BCUT2D eigenvalue weighted by molar-refractivity contribution is -0.117. The summed E-state index contributed by atoms with van der Waals surface area (Å²) in [7, 11) is 0. The lowest BCUT2D eigenvalue weighted by Crippen LogP contribution is -2.55. The number of likely N-dealkylation sites (tertiary alicyclic amines) is 1. The van der Waals surface area contributed by atoms with Crippen molar-refractivity contribution in [3.05, 3.63) is 88.5 Å². The monoisotopic (exact) mass is 553 g/mol. The summed E-state index contributed by atoms with van der Waals surface area (Å²) in [4.78, 5) is 31.0. The van der Waals surface area contributed by atoms with Crippen molar-refractivity contribution < 1.29 is 14.3 Å². The first-order valence-electron chi connectivity index (χ1n) is 14.8. The summed E-state index contributed by atoms with van der Waals surface area (Å²) in [6.07, 6.45) is 3.17. The van der Waals surface area contributed by atoms with Crippen molar-refractivity contribution >= 4 is 23.2 Å². The molecule has 41 heavy (non-hydrogen) atoms. The Hall–Kier alpha value is -3.64. The zero-order valence-corrected chi connectivity index (χ0v) is 25.3. The quantitative estimate of drug-likeness (QED) is 0.347. The number of hydrogen-bond donors (Lipinski definition) is 1. The Morgan fingerprint density at radius 2 is 1.59 bits per heavy atom. The summed E-state index contributed by atoms with van der Waals surface area (Å²) < 4.78 is 6.43. The van der Waals surface area contributed by atoms with Crippen LogP contribution in [0.2, 0.25) is 0 Å². The van der Waals surface area contributed by atoms with E-state index in [-0.39, 0.29) is 17.2 Å². The minimum absolute atomic E-state index is 0.0126. The zero-order chi connectivity index (χ0) is 29.4. The first kappa shape index (κ1) is 28.9. The van der Waals surface area contributed by atoms with Crippen LogP contribution in [0.25, 0.3) is 0 Å². The number of rotatable bonds is 7. The molecule has 2 aliphatic rings. The van der Waals surface area contributed by atoms with E-state index in [2.05, 4.69) is 61.3 Å². The molecule has 0 aliphatic carbocycles. The van der Waals surface area contributed by atoms with Crippen LogP contribution in [0, 0.1) is 13.8 Å². The molecule has 6 heteroatoms. The van der Waals surface area contributed by atoms with Gasteiger partial charge in [0.15, 0.2) is 0 Å². The van der Waals surface area contributed by atoms with E-state index in [0.29, 0.717) is 23.6 Å². The van der Waals surface area contributed by atoms with Gasteiger partial charge in [0, 0.05) is 36.1 Å². The molecule has 5 rings (SSSR count). The highest BCUT2D eigenvalue weighted by Gasteiger charge is 2.47. The minimum atomic E-state index is -0.430. The van der Waals surface area contributed by atoms with Gasteiger partial charge in [-0.15, -0.1) is 0 Å². The molecule has 1 N–H and O–H groups in total. The van der Waals surface area contributed by atoms with Crippen molar-refractivity contribution in [2.24, 2.45) is 0 Å². The Kier molecular flexibility index (Phi) is 7.97. The fourth-order valence-corrected chi connectivity index (χ4v) is 7.03. The Morgan fingerprint density at radius 1 is 0.927 bits per heavy atom. The lowest BCUT2D eigenvalue weighted by Gasteiger charge is -2.51. The molecule has 3 aromatic carbocycles. The van der Waals surface area contributed by atoms with Gasteiger partial charge >= 0.3 is 0 Å². The van der Waals surface area contributed by atoms with Gasteiger partial charge in [-0.1, -0.05) is 54.4 Å². The molecule has 0 saturated carbocycles. The van der Waals surface area contributed by atoms with Crippen molar-refractivity contribution in [3.8, 4) is 5.75 Å². The molecular weight excluding hydrogens is 510 g/mol. The molecule has 216 valence electrons. The van der Waals surface area contributed by atoms with Gasteiger partial charge in [0.25, 0.3) is 5.91 Å². The number of anilines is 2. The molecule has 1 fully saturated rings. The second kappa shape index (κ2) is 11.3. The predicted molar refractivity (Wildman–Crippen MR) is 166 cm³/mol. The molecule has 3 aromatic rings. The fraction of sp³-hybridized carbons (Fsp3) is 0.429. The number of benzene rings is 3. The number of amides is 2. The summed E-state index contributed by atoms with van der Waals surface area (Å²) in [5.74, 6) is 0.392. The number of ether oxygens (including phenoxy) is 1. The zero-order valence-electron chi connectivity index (χ0n) is 25.3. The lowest BCUT2D eigenvalue weighted by atomic mass is 9.65. The molecular formula is C35H43N3O3. The van der Waals surface area contributed by atoms with Crippen LogP contribution in [0.15, 0.2) is 60.7 Å². The summed E-state index contributed by atoms with van der Waals surface area (Å²) in [6, 6.07) is 20.3. The van der Waals surface area contributed by atoms with Crippen molar-refractivity contribution in [2.45, 2.75) is 71.8 Å². The largest absolute Gasteiger partial charge is 0.490 e. The van der Waals surface area contributed by atoms with Crippen LogP contribution in [0.3, 0.4) is 0 Å². The van der Waals surface area contributed by atoms with Gasteiger partial charge in [-0.2, -0.15) is 0 Å². The van der Waals surface area contributed by atoms with Gasteiger partial charge in [0.2, 0.25) is 5.91 Å². The van der Waals surface area contributed by atoms with E-state index in [9.17, 15) is 9.59 Å². The van der Waals surface area contributed by atoms with Gasteiger partial charge in [0.1, 0.15) is 12.4 Å². The summed E-state index contributed by atoms with van der Waals surface area (Å²) in [6.45, 7) is 15.6. The van der Waals surface area contributed by atoms with E-state index in [1.807, 2.05) is 49.1 Å². The van der Waals surface area contributed by atoms with Crippen molar-refractivity contribution in [3.63, 3.8) is 0 Å². The van der Waals surface area contributed by atoms with Gasteiger partial charge in [-0.25, -0.2) is 0 Å². The van der Waals surface area contributed by atoms with E-state index in [0.717, 1.165) is 48.4 Å². The highest BCUT2D eigenvalue weighted by Crippen LogP contribution is 2.53. The number of hydrogen-bond acceptors (Lipinski definition) is 4. The smallest absolute Gasteiger partial charge is 0.255 e. The first-order valence-corrected chi connectivity index (χ1v) is 14.8. The molecule has 2 amide bonds. The first-order chi connectivity index (χ1) is 19.5. The Bertz CT molecular complexity index is 1420. The molecule has 0 bridgehead atoms. The average Bonchev–Trinajstić information content (AvgIpc) is 3.42. The van der Waals surface area contributed by atoms with Gasteiger partial charge in [-0.05, 0) is 89.4 Å². The van der Waals surface area contributed by atoms with E-state index in [4.69, 9.17) is 4.74 Å². The van der Waals surface area contributed by atoms with Gasteiger partial charge < -0.3 is 15.0 Å². The second-order valence-corrected chi connectivity index (χ2v) is 12.6. The Balaban J connectivity index is 1.62. The third-order valence-corrected chi connectivity index (χ3v) is 8.65. The standard InChI is InChI=1S/C35H43N3O3/c1-24-18-25(2)20-27(19-24)33(40)36-30-21-29-31(22-32(30)41-17-16-37-14-10-11-15-37)38(26(3)39)34(4,5)23-35(29,6)28-12-8-7-9-13-28/h7-9,12-13,18-22H,10-11,14-17,23H2,1-6H3,(H,36,40). The number of carbonyl (C=O) groups is 2. The number of carbonyl (C=O) groups excluding carboxylic acids is 2. The normalized spacial score (nSPS) is 20.0. The Morgan fingerprint density at radius 3 is 2.22 bits per heavy atom. The van der Waals surface area contributed by atoms with E-state index < -0.39 is 5.54 Å². The van der Waals surface area contributed by atoms with Gasteiger partial charge in [0.05, 0.1) is 11.4 Å². The highest BCUT2D eigenvalue weighted by atomic mass is 16.5. The van der Waals surface area contributed by atoms with Crippen LogP contribution in [0.4, 0.5) is 11.4 Å². The maximum Gasteiger partial charge on any atom is 0.255 e. The van der Waals surface area contributed by atoms with Crippen molar-refractivity contribution in [1.29, 1.82) is 0 Å². The topological polar surface area (TPSA) is 61.9 Å². The SMILES string of the molecule is CC(=O)N1c2cc(OCCN3CCCC3)c(NC(=O)c3cc(C)cc(C)c3)cc2C(C)(c2ccccc2)CC1(C)C. The van der Waals surface area contributed by atoms with E-state index >= 15 is 0 Å². The average molecular weight is 554 g/mol. The van der Waals surface area contributed by atoms with Crippen LogP contribution >= 0.6 is 0 Å². The predicted octanol–water partition coefficient (Wildman–Crippen LogP) is 6.87. The maximum absolute atomic E-state index is 13.6. The molecule has 1 unspecified atom stereocenters. The van der Waals surface area contributed by atoms with Crippen LogP contribution in [0.5, 0.6) is 5.75 Å². The number of nitrogens with one attached hydrogen (secondary N) is 1. The molecule has 1 atom stereocenters. The molecule has 2 aliphatic heterocycles. The van der Waals surface area contributed by atoms with Crippen LogP contribution in [-0.2, 0) is 10.2 Å². The molecule has 0 spiro atoms. The van der Waals surface area contributed by atoms with Crippen LogP contribution in [-0.4, -0.2) is 48.5 Å². The number of nitrogens with zero attached hydrogens (tertiary/aromatic N) is 2. The van der Waals surface area contributed by atoms with Crippen molar-refractivity contribution in [1.82, 2.24) is 4.90 Å². The number of aryl methyl sites for hydroxylation is 2. The van der Waals surface area contributed by atoms with Gasteiger partial charge in [-0.3, -0.25) is 14.5 Å². The molecule has 6 nitrogen and oxygen atoms in total. The van der Waals surface area contributed by atoms with Crippen LogP contribution in [0.1, 0.15) is 79.6 Å². The second-order valence-electron chi connectivity index (χ2n) is 12.6. The molecule has 0 aromatic heterocycles. The summed E-state index contributed by atoms with van der Waals surface area (Å²) in [5.41, 5.74) is 5.51. The minimum Gasteiger partial charge on any atom is -0.490 e. The van der Waals surface area contributed by atoms with E-state index in [1.54, 1.807) is 6.92 Å². The molecule has 2 heterocycles. The molecule has 0 radical (unpaired) electrons. The third kappa shape index (κ3) is 5.89. The summed E-state index contributed by atoms with van der Waals surface area (Å²) in [5, 5.41) is 3.18. The molecule has 1 saturated heterocycles. The highest BCUT2D eigenvalue weighted by molar-refractivity contribution is 6.06.